The van der Waals surface area contributed by atoms with E-state index in [9.17, 15) is 8.42 Å². The van der Waals surface area contributed by atoms with E-state index < -0.39 is 10.0 Å². The highest BCUT2D eigenvalue weighted by atomic mass is 35.5. The minimum Gasteiger partial charge on any atom is -0.212 e. The van der Waals surface area contributed by atoms with E-state index in [0.29, 0.717) is 23.7 Å². The predicted octanol–water partition coefficient (Wildman–Crippen LogP) is 3.68. The summed E-state index contributed by atoms with van der Waals surface area (Å²) in [6, 6.07) is 7.01. The van der Waals surface area contributed by atoms with Gasteiger partial charge >= 0.3 is 0 Å². The first-order chi connectivity index (χ1) is 8.90. The Morgan fingerprint density at radius 1 is 1.26 bits per heavy atom. The van der Waals surface area contributed by atoms with Crippen LogP contribution < -0.4 is 0 Å². The molecule has 0 N–H and O–H groups in total. The summed E-state index contributed by atoms with van der Waals surface area (Å²) >= 11 is 11.7. The highest BCUT2D eigenvalue weighted by molar-refractivity contribution is 7.89. The Morgan fingerprint density at radius 2 is 1.89 bits per heavy atom. The van der Waals surface area contributed by atoms with E-state index >= 15 is 0 Å². The van der Waals surface area contributed by atoms with Crippen molar-refractivity contribution in [1.82, 2.24) is 4.31 Å². The van der Waals surface area contributed by atoms with Crippen molar-refractivity contribution in [2.75, 3.05) is 18.7 Å². The molecule has 3 nitrogen and oxygen atoms in total. The quantitative estimate of drug-likeness (QED) is 0.567. The molecule has 0 fully saturated rings. The SMILES string of the molecule is CC(c1ccccc1Cl)N(C)S(=O)(=O)CCCCCl. The molecule has 0 aliphatic rings. The fourth-order valence-corrected chi connectivity index (χ4v) is 3.71. The van der Waals surface area contributed by atoms with Crippen LogP contribution in [0.2, 0.25) is 5.02 Å². The highest BCUT2D eigenvalue weighted by Crippen LogP contribution is 2.28. The van der Waals surface area contributed by atoms with Crippen molar-refractivity contribution in [3.63, 3.8) is 0 Å². The predicted molar refractivity (Wildman–Crippen MR) is 81.4 cm³/mol. The molecule has 108 valence electrons. The lowest BCUT2D eigenvalue weighted by Gasteiger charge is -2.25. The Morgan fingerprint density at radius 3 is 2.47 bits per heavy atom. The van der Waals surface area contributed by atoms with Gasteiger partial charge in [0, 0.05) is 24.0 Å². The van der Waals surface area contributed by atoms with Gasteiger partial charge in [-0.05, 0) is 31.4 Å². The molecular weight excluding hydrogens is 305 g/mol. The third-order valence-electron chi connectivity index (χ3n) is 3.13. The lowest BCUT2D eigenvalue weighted by Crippen LogP contribution is -2.32. The van der Waals surface area contributed by atoms with E-state index in [4.69, 9.17) is 23.2 Å². The first-order valence-electron chi connectivity index (χ1n) is 6.16. The Kier molecular flexibility index (Phi) is 6.60. The first kappa shape index (κ1) is 16.8. The van der Waals surface area contributed by atoms with Crippen molar-refractivity contribution in [2.24, 2.45) is 0 Å². The summed E-state index contributed by atoms with van der Waals surface area (Å²) in [4.78, 5) is 0. The summed E-state index contributed by atoms with van der Waals surface area (Å²) in [6.45, 7) is 1.83. The van der Waals surface area contributed by atoms with Crippen LogP contribution >= 0.6 is 23.2 Å². The van der Waals surface area contributed by atoms with Crippen LogP contribution in [0.5, 0.6) is 0 Å². The summed E-state index contributed by atoms with van der Waals surface area (Å²) in [7, 11) is -1.69. The molecule has 0 saturated heterocycles. The summed E-state index contributed by atoms with van der Waals surface area (Å²) in [5, 5.41) is 0.581. The number of sulfonamides is 1. The van der Waals surface area contributed by atoms with Gasteiger partial charge in [0.1, 0.15) is 0 Å². The second kappa shape index (κ2) is 7.48. The molecule has 0 amide bonds. The van der Waals surface area contributed by atoms with Gasteiger partial charge in [-0.2, -0.15) is 4.31 Å². The number of nitrogens with zero attached hydrogens (tertiary/aromatic N) is 1. The van der Waals surface area contributed by atoms with E-state index in [2.05, 4.69) is 0 Å². The fraction of sp³-hybridized carbons (Fsp3) is 0.538. The smallest absolute Gasteiger partial charge is 0.212 e. The number of rotatable bonds is 7. The molecule has 0 aliphatic carbocycles. The zero-order valence-corrected chi connectivity index (χ0v) is 13.5. The average Bonchev–Trinajstić information content (AvgIpc) is 2.38. The van der Waals surface area contributed by atoms with Gasteiger partial charge in [-0.25, -0.2) is 8.42 Å². The monoisotopic (exact) mass is 323 g/mol. The molecule has 1 aromatic carbocycles. The lowest BCUT2D eigenvalue weighted by atomic mass is 10.1. The minimum absolute atomic E-state index is 0.116. The standard InChI is InChI=1S/C13H19Cl2NO2S/c1-11(12-7-3-4-8-13(12)15)16(2)19(17,18)10-6-5-9-14/h3-4,7-8,11H,5-6,9-10H2,1-2H3. The van der Waals surface area contributed by atoms with E-state index in [1.165, 1.54) is 4.31 Å². The van der Waals surface area contributed by atoms with Crippen molar-refractivity contribution < 1.29 is 8.42 Å². The van der Waals surface area contributed by atoms with Gasteiger partial charge in [0.05, 0.1) is 5.75 Å². The van der Waals surface area contributed by atoms with Gasteiger partial charge < -0.3 is 0 Å². The third-order valence-corrected chi connectivity index (χ3v) is 5.74. The van der Waals surface area contributed by atoms with Gasteiger partial charge in [0.15, 0.2) is 0 Å². The van der Waals surface area contributed by atoms with Crippen molar-refractivity contribution in [3.05, 3.63) is 34.9 Å². The third kappa shape index (κ3) is 4.63. The van der Waals surface area contributed by atoms with Crippen LogP contribution in [0.3, 0.4) is 0 Å². The van der Waals surface area contributed by atoms with Crippen molar-refractivity contribution in [1.29, 1.82) is 0 Å². The number of unbranched alkanes of at least 4 members (excludes halogenated alkanes) is 1. The summed E-state index contributed by atoms with van der Waals surface area (Å²) in [5.41, 5.74) is 0.813. The van der Waals surface area contributed by atoms with Gasteiger partial charge in [-0.3, -0.25) is 0 Å². The van der Waals surface area contributed by atoms with Crippen molar-refractivity contribution in [3.8, 4) is 0 Å². The van der Waals surface area contributed by atoms with E-state index in [0.717, 1.165) is 5.56 Å². The van der Waals surface area contributed by atoms with Crippen LogP contribution in [-0.2, 0) is 10.0 Å². The van der Waals surface area contributed by atoms with E-state index in [1.807, 2.05) is 25.1 Å². The highest BCUT2D eigenvalue weighted by Gasteiger charge is 2.24. The first-order valence-corrected chi connectivity index (χ1v) is 8.68. The molecule has 0 spiro atoms. The molecule has 1 unspecified atom stereocenters. The number of alkyl halides is 1. The minimum atomic E-state index is -3.28. The fourth-order valence-electron chi connectivity index (χ4n) is 1.77. The Hall–Kier alpha value is -0.290. The number of hydrogen-bond acceptors (Lipinski definition) is 2. The Labute approximate surface area is 125 Å². The zero-order valence-electron chi connectivity index (χ0n) is 11.1. The number of halogens is 2. The molecule has 1 aromatic rings. The molecule has 0 saturated carbocycles. The molecule has 1 atom stereocenters. The summed E-state index contributed by atoms with van der Waals surface area (Å²) in [5.74, 6) is 0.602. The topological polar surface area (TPSA) is 37.4 Å². The maximum atomic E-state index is 12.2. The molecule has 0 aromatic heterocycles. The van der Waals surface area contributed by atoms with Crippen LogP contribution in [0, 0.1) is 0 Å². The van der Waals surface area contributed by atoms with Gasteiger partial charge in [0.2, 0.25) is 10.0 Å². The van der Waals surface area contributed by atoms with E-state index in [1.54, 1.807) is 13.1 Å². The number of hydrogen-bond donors (Lipinski definition) is 0. The van der Waals surface area contributed by atoms with Gasteiger partial charge in [0.25, 0.3) is 0 Å². The van der Waals surface area contributed by atoms with Crippen LogP contribution in [0.4, 0.5) is 0 Å². The number of benzene rings is 1. The zero-order chi connectivity index (χ0) is 14.5. The summed E-state index contributed by atoms with van der Waals surface area (Å²) in [6.07, 6.45) is 1.28. The van der Waals surface area contributed by atoms with Gasteiger partial charge in [-0.1, -0.05) is 29.8 Å². The lowest BCUT2D eigenvalue weighted by molar-refractivity contribution is 0.397. The van der Waals surface area contributed by atoms with Crippen molar-refractivity contribution >= 4 is 33.2 Å². The molecule has 0 heterocycles. The molecular formula is C13H19Cl2NO2S. The second-order valence-electron chi connectivity index (χ2n) is 4.43. The van der Waals surface area contributed by atoms with Crippen LogP contribution in [0.15, 0.2) is 24.3 Å². The molecule has 0 bridgehead atoms. The Balaban J connectivity index is 2.82. The normalized spacial score (nSPS) is 13.7. The molecule has 6 heteroatoms. The molecule has 1 rings (SSSR count). The van der Waals surface area contributed by atoms with Crippen molar-refractivity contribution in [2.45, 2.75) is 25.8 Å². The largest absolute Gasteiger partial charge is 0.214 e. The maximum absolute atomic E-state index is 12.2. The summed E-state index contributed by atoms with van der Waals surface area (Å²) < 4.78 is 25.7. The molecule has 19 heavy (non-hydrogen) atoms. The van der Waals surface area contributed by atoms with E-state index in [-0.39, 0.29) is 11.8 Å². The molecule has 0 aliphatic heterocycles. The van der Waals surface area contributed by atoms with Gasteiger partial charge in [-0.15, -0.1) is 11.6 Å². The van der Waals surface area contributed by atoms with Crippen LogP contribution in [0.1, 0.15) is 31.4 Å². The second-order valence-corrected chi connectivity index (χ2v) is 7.36. The van der Waals surface area contributed by atoms with Crippen LogP contribution in [0.25, 0.3) is 0 Å². The van der Waals surface area contributed by atoms with Crippen LogP contribution in [-0.4, -0.2) is 31.4 Å². The molecule has 0 radical (unpaired) electrons. The Bertz CT molecular complexity index is 505. The maximum Gasteiger partial charge on any atom is 0.214 e. The average molecular weight is 324 g/mol.